The largest absolute Gasteiger partial charge is 0.392 e. The van der Waals surface area contributed by atoms with Gasteiger partial charge in [0, 0.05) is 24.8 Å². The molecule has 0 atom stereocenters. The number of carbonyl (C=O) groups excluding carboxylic acids is 1. The Bertz CT molecular complexity index is 353. The van der Waals surface area contributed by atoms with Crippen LogP contribution < -0.4 is 10.2 Å². The third-order valence-electron chi connectivity index (χ3n) is 2.50. The second kappa shape index (κ2) is 6.12. The molecule has 0 fully saturated rings. The van der Waals surface area contributed by atoms with Gasteiger partial charge in [-0.1, -0.05) is 18.2 Å². The average Bonchev–Trinajstić information content (AvgIpc) is 2.35. The molecule has 0 heterocycles. The third kappa shape index (κ3) is 2.97. The number of carbonyl (C=O) groups is 1. The molecule has 0 radical (unpaired) electrons. The van der Waals surface area contributed by atoms with Crippen molar-refractivity contribution in [3.05, 3.63) is 29.8 Å². The van der Waals surface area contributed by atoms with Gasteiger partial charge in [0.05, 0.1) is 13.2 Å². The Kier molecular flexibility index (Phi) is 4.79. The van der Waals surface area contributed by atoms with E-state index in [2.05, 4.69) is 5.32 Å². The van der Waals surface area contributed by atoms with E-state index in [0.717, 1.165) is 17.8 Å². The van der Waals surface area contributed by atoms with Gasteiger partial charge >= 0.3 is 0 Å². The molecule has 0 spiro atoms. The molecule has 4 nitrogen and oxygen atoms in total. The van der Waals surface area contributed by atoms with E-state index in [0.29, 0.717) is 6.54 Å². The highest BCUT2D eigenvalue weighted by molar-refractivity contribution is 5.81. The molecule has 1 amide bonds. The number of hydrogen-bond donors (Lipinski definition) is 2. The van der Waals surface area contributed by atoms with Crippen LogP contribution in [0.3, 0.4) is 0 Å². The van der Waals surface area contributed by atoms with Crippen molar-refractivity contribution >= 4 is 11.6 Å². The first-order valence-electron chi connectivity index (χ1n) is 5.37. The zero-order chi connectivity index (χ0) is 12.0. The molecule has 4 heteroatoms. The summed E-state index contributed by atoms with van der Waals surface area (Å²) in [5.74, 6) is -0.0328. The molecule has 2 N–H and O–H groups in total. The maximum Gasteiger partial charge on any atom is 0.239 e. The van der Waals surface area contributed by atoms with Gasteiger partial charge in [-0.3, -0.25) is 4.79 Å². The molecular formula is C12H18N2O2. The number of anilines is 1. The normalized spacial score (nSPS) is 9.94. The Morgan fingerprint density at radius 3 is 2.69 bits per heavy atom. The fourth-order valence-electron chi connectivity index (χ4n) is 1.57. The molecule has 16 heavy (non-hydrogen) atoms. The predicted octanol–water partition coefficient (Wildman–Crippen LogP) is 0.751. The minimum Gasteiger partial charge on any atom is -0.392 e. The molecule has 0 bridgehead atoms. The lowest BCUT2D eigenvalue weighted by atomic mass is 10.1. The van der Waals surface area contributed by atoms with Crippen molar-refractivity contribution in [3.8, 4) is 0 Å². The first-order valence-corrected chi connectivity index (χ1v) is 5.37. The molecule has 0 unspecified atom stereocenters. The van der Waals surface area contributed by atoms with Gasteiger partial charge in [0.2, 0.25) is 5.91 Å². The number of nitrogens with one attached hydrogen (secondary N) is 1. The summed E-state index contributed by atoms with van der Waals surface area (Å²) >= 11 is 0. The monoisotopic (exact) mass is 222 g/mol. The molecule has 0 aliphatic rings. The topological polar surface area (TPSA) is 52.6 Å². The maximum absolute atomic E-state index is 11.3. The van der Waals surface area contributed by atoms with Gasteiger partial charge in [0.25, 0.3) is 0 Å². The minimum absolute atomic E-state index is 0.0135. The summed E-state index contributed by atoms with van der Waals surface area (Å²) in [7, 11) is 1.62. The summed E-state index contributed by atoms with van der Waals surface area (Å²) in [6.07, 6.45) is 0. The quantitative estimate of drug-likeness (QED) is 0.773. The van der Waals surface area contributed by atoms with Crippen LogP contribution in [-0.2, 0) is 11.4 Å². The Morgan fingerprint density at radius 2 is 2.12 bits per heavy atom. The fraction of sp³-hybridized carbons (Fsp3) is 0.417. The lowest BCUT2D eigenvalue weighted by Crippen LogP contribution is -2.36. The summed E-state index contributed by atoms with van der Waals surface area (Å²) in [6, 6.07) is 7.56. The van der Waals surface area contributed by atoms with E-state index in [1.807, 2.05) is 36.1 Å². The molecule has 0 saturated carbocycles. The van der Waals surface area contributed by atoms with E-state index in [4.69, 9.17) is 0 Å². The van der Waals surface area contributed by atoms with Crippen molar-refractivity contribution in [2.24, 2.45) is 0 Å². The van der Waals surface area contributed by atoms with Gasteiger partial charge in [0.15, 0.2) is 0 Å². The zero-order valence-electron chi connectivity index (χ0n) is 9.73. The van der Waals surface area contributed by atoms with Gasteiger partial charge in [-0.05, 0) is 13.0 Å². The number of para-hydroxylation sites is 1. The van der Waals surface area contributed by atoms with Crippen molar-refractivity contribution in [3.63, 3.8) is 0 Å². The van der Waals surface area contributed by atoms with Crippen LogP contribution in [0.25, 0.3) is 0 Å². The van der Waals surface area contributed by atoms with Crippen molar-refractivity contribution in [1.29, 1.82) is 0 Å². The smallest absolute Gasteiger partial charge is 0.239 e. The summed E-state index contributed by atoms with van der Waals surface area (Å²) in [5, 5.41) is 11.8. The standard InChI is InChI=1S/C12H18N2O2/c1-3-14(8-12(16)13-2)11-7-5-4-6-10(11)9-15/h4-7,15H,3,8-9H2,1-2H3,(H,13,16). The van der Waals surface area contributed by atoms with Crippen LogP contribution in [0, 0.1) is 0 Å². The Labute approximate surface area is 95.9 Å². The van der Waals surface area contributed by atoms with Crippen LogP contribution in [0.1, 0.15) is 12.5 Å². The number of benzene rings is 1. The molecule has 88 valence electrons. The van der Waals surface area contributed by atoms with Crippen molar-refractivity contribution in [2.45, 2.75) is 13.5 Å². The summed E-state index contributed by atoms with van der Waals surface area (Å²) in [6.45, 7) is 3.01. The number of nitrogens with zero attached hydrogens (tertiary/aromatic N) is 1. The first kappa shape index (κ1) is 12.5. The van der Waals surface area contributed by atoms with Crippen molar-refractivity contribution in [2.75, 3.05) is 25.0 Å². The van der Waals surface area contributed by atoms with Crippen LogP contribution in [0.4, 0.5) is 5.69 Å². The van der Waals surface area contributed by atoms with Crippen LogP contribution in [0.5, 0.6) is 0 Å². The molecule has 0 aliphatic carbocycles. The van der Waals surface area contributed by atoms with Crippen LogP contribution in [0.15, 0.2) is 24.3 Å². The lowest BCUT2D eigenvalue weighted by Gasteiger charge is -2.24. The molecule has 1 aromatic rings. The van der Waals surface area contributed by atoms with Gasteiger partial charge < -0.3 is 15.3 Å². The maximum atomic E-state index is 11.3. The van der Waals surface area contributed by atoms with Crippen molar-refractivity contribution in [1.82, 2.24) is 5.32 Å². The van der Waals surface area contributed by atoms with Crippen LogP contribution >= 0.6 is 0 Å². The highest BCUT2D eigenvalue weighted by Crippen LogP contribution is 2.19. The average molecular weight is 222 g/mol. The highest BCUT2D eigenvalue weighted by Gasteiger charge is 2.11. The Hall–Kier alpha value is -1.55. The molecule has 0 aliphatic heterocycles. The van der Waals surface area contributed by atoms with E-state index in [1.54, 1.807) is 7.05 Å². The number of aliphatic hydroxyl groups excluding tert-OH is 1. The van der Waals surface area contributed by atoms with Gasteiger partial charge in [-0.15, -0.1) is 0 Å². The summed E-state index contributed by atoms with van der Waals surface area (Å²) < 4.78 is 0. The Balaban J connectivity index is 2.89. The van der Waals surface area contributed by atoms with E-state index in [9.17, 15) is 9.90 Å². The highest BCUT2D eigenvalue weighted by atomic mass is 16.3. The number of likely N-dealkylation sites (N-methyl/N-ethyl adjacent to an activating group) is 2. The first-order chi connectivity index (χ1) is 7.72. The number of aliphatic hydroxyl groups is 1. The molecule has 0 saturated heterocycles. The number of amides is 1. The zero-order valence-corrected chi connectivity index (χ0v) is 9.73. The predicted molar refractivity (Wildman–Crippen MR) is 64.3 cm³/mol. The van der Waals surface area contributed by atoms with Gasteiger partial charge in [0.1, 0.15) is 0 Å². The fourth-order valence-corrected chi connectivity index (χ4v) is 1.57. The number of rotatable bonds is 5. The van der Waals surface area contributed by atoms with E-state index in [-0.39, 0.29) is 12.5 Å². The van der Waals surface area contributed by atoms with Gasteiger partial charge in [-0.2, -0.15) is 0 Å². The Morgan fingerprint density at radius 1 is 1.44 bits per heavy atom. The lowest BCUT2D eigenvalue weighted by molar-refractivity contribution is -0.119. The second-order valence-corrected chi connectivity index (χ2v) is 3.47. The summed E-state index contributed by atoms with van der Waals surface area (Å²) in [4.78, 5) is 13.3. The molecular weight excluding hydrogens is 204 g/mol. The molecule has 0 aromatic heterocycles. The van der Waals surface area contributed by atoms with Crippen molar-refractivity contribution < 1.29 is 9.90 Å². The second-order valence-electron chi connectivity index (χ2n) is 3.47. The SMILES string of the molecule is CCN(CC(=O)NC)c1ccccc1CO. The van der Waals surface area contributed by atoms with Gasteiger partial charge in [-0.25, -0.2) is 0 Å². The molecule has 1 aromatic carbocycles. The number of hydrogen-bond acceptors (Lipinski definition) is 3. The van der Waals surface area contributed by atoms with Crippen LogP contribution in [0.2, 0.25) is 0 Å². The van der Waals surface area contributed by atoms with Crippen LogP contribution in [-0.4, -0.2) is 31.2 Å². The third-order valence-corrected chi connectivity index (χ3v) is 2.50. The van der Waals surface area contributed by atoms with E-state index >= 15 is 0 Å². The minimum atomic E-state index is -0.0328. The summed E-state index contributed by atoms with van der Waals surface area (Å²) in [5.41, 5.74) is 1.75. The van der Waals surface area contributed by atoms with E-state index in [1.165, 1.54) is 0 Å². The molecule has 1 rings (SSSR count). The van der Waals surface area contributed by atoms with E-state index < -0.39 is 0 Å².